The average molecular weight is 425 g/mol. The fourth-order valence-electron chi connectivity index (χ4n) is 4.42. The Morgan fingerprint density at radius 2 is 1.72 bits per heavy atom. The topological polar surface area (TPSA) is 74.4 Å². The third-order valence-electron chi connectivity index (χ3n) is 6.07. The van der Waals surface area contributed by atoms with Crippen LogP contribution in [0.4, 0.5) is 5.69 Å². The van der Waals surface area contributed by atoms with Gasteiger partial charge in [-0.15, -0.1) is 0 Å². The Kier molecular flexibility index (Phi) is 4.90. The maximum atomic E-state index is 13.4. The van der Waals surface area contributed by atoms with Gasteiger partial charge in [0.25, 0.3) is 5.91 Å². The molecule has 2 amide bonds. The van der Waals surface area contributed by atoms with Crippen LogP contribution < -0.4 is 10.1 Å². The molecule has 0 saturated heterocycles. The molecule has 0 aliphatic carbocycles. The summed E-state index contributed by atoms with van der Waals surface area (Å²) >= 11 is 0. The number of fused-ring (bicyclic) bond motifs is 2. The van der Waals surface area contributed by atoms with Crippen LogP contribution in [0.2, 0.25) is 0 Å². The number of ether oxygens (including phenoxy) is 1. The molecule has 6 nitrogen and oxygen atoms in total. The summed E-state index contributed by atoms with van der Waals surface area (Å²) in [5, 5.41) is 3.96. The first-order valence-corrected chi connectivity index (χ1v) is 10.5. The Labute approximate surface area is 185 Å². The van der Waals surface area contributed by atoms with Crippen molar-refractivity contribution >= 4 is 28.4 Å². The molecule has 0 unspecified atom stereocenters. The van der Waals surface area contributed by atoms with E-state index in [1.165, 1.54) is 0 Å². The molecule has 2 N–H and O–H groups in total. The molecule has 0 bridgehead atoms. The smallest absolute Gasteiger partial charge is 0.255 e. The first-order chi connectivity index (χ1) is 15.6. The lowest BCUT2D eigenvalue weighted by Gasteiger charge is -2.30. The van der Waals surface area contributed by atoms with Crippen molar-refractivity contribution in [1.29, 1.82) is 0 Å². The highest BCUT2D eigenvalue weighted by atomic mass is 16.5. The number of methoxy groups -OCH3 is 1. The van der Waals surface area contributed by atoms with Crippen LogP contribution in [-0.2, 0) is 4.79 Å². The van der Waals surface area contributed by atoms with Crippen LogP contribution in [0.5, 0.6) is 5.75 Å². The predicted octanol–water partition coefficient (Wildman–Crippen LogP) is 4.75. The first kappa shape index (κ1) is 19.9. The molecule has 4 aromatic rings. The highest BCUT2D eigenvalue weighted by Gasteiger charge is 2.43. The number of para-hydroxylation sites is 1. The van der Waals surface area contributed by atoms with Gasteiger partial charge in [0, 0.05) is 33.9 Å². The number of hydrogen-bond acceptors (Lipinski definition) is 3. The number of amides is 2. The van der Waals surface area contributed by atoms with Gasteiger partial charge in [0.15, 0.2) is 0 Å². The molecule has 3 aromatic carbocycles. The van der Waals surface area contributed by atoms with Crippen LogP contribution in [0.3, 0.4) is 0 Å². The second kappa shape index (κ2) is 7.89. The number of carbonyl (C=O) groups excluding carboxylic acids is 2. The minimum Gasteiger partial charge on any atom is -0.497 e. The zero-order valence-corrected chi connectivity index (χ0v) is 17.8. The van der Waals surface area contributed by atoms with Crippen molar-refractivity contribution in [2.24, 2.45) is 0 Å². The Hall–Kier alpha value is -4.06. The Morgan fingerprint density at radius 3 is 2.50 bits per heavy atom. The van der Waals surface area contributed by atoms with Crippen molar-refractivity contribution in [3.63, 3.8) is 0 Å². The van der Waals surface area contributed by atoms with Crippen LogP contribution in [0.15, 0.2) is 79.0 Å². The van der Waals surface area contributed by atoms with E-state index in [4.69, 9.17) is 4.74 Å². The van der Waals surface area contributed by atoms with Gasteiger partial charge in [-0.25, -0.2) is 0 Å². The molecule has 0 fully saturated rings. The molecule has 0 spiro atoms. The number of aromatic nitrogens is 1. The zero-order valence-electron chi connectivity index (χ0n) is 17.8. The number of hydrogen-bond donors (Lipinski definition) is 2. The highest BCUT2D eigenvalue weighted by molar-refractivity contribution is 6.05. The van der Waals surface area contributed by atoms with Crippen LogP contribution >= 0.6 is 0 Å². The van der Waals surface area contributed by atoms with Crippen molar-refractivity contribution in [2.45, 2.75) is 19.0 Å². The van der Waals surface area contributed by atoms with Gasteiger partial charge in [0.05, 0.1) is 13.2 Å². The molecule has 0 saturated carbocycles. The van der Waals surface area contributed by atoms with E-state index in [2.05, 4.69) is 10.3 Å². The molecule has 1 aliphatic rings. The largest absolute Gasteiger partial charge is 0.497 e. The number of aromatic amines is 1. The molecule has 6 heteroatoms. The molecule has 2 heterocycles. The number of nitrogens with zero attached hydrogens (tertiary/aromatic N) is 1. The first-order valence-electron chi connectivity index (χ1n) is 10.5. The molecular formula is C26H23N3O3. The summed E-state index contributed by atoms with van der Waals surface area (Å²) < 4.78 is 5.17. The standard InChI is InChI=1S/C26H23N3O3/c1-16(25(30)28-17-11-13-18(32-2)14-12-17)29-24(20-8-3-4-9-21(20)26(29)31)22-15-27-23-10-6-5-7-19(22)23/h3-16,24,27H,1-2H3,(H,28,30)/t16-,24-/m1/s1. The molecule has 1 aromatic heterocycles. The lowest BCUT2D eigenvalue weighted by atomic mass is 9.97. The van der Waals surface area contributed by atoms with E-state index in [0.29, 0.717) is 17.0 Å². The van der Waals surface area contributed by atoms with Crippen molar-refractivity contribution < 1.29 is 14.3 Å². The minimum absolute atomic E-state index is 0.145. The molecule has 0 radical (unpaired) electrons. The molecule has 160 valence electrons. The van der Waals surface area contributed by atoms with Crippen molar-refractivity contribution in [3.8, 4) is 5.75 Å². The molecule has 2 atom stereocenters. The molecule has 32 heavy (non-hydrogen) atoms. The van der Waals surface area contributed by atoms with Gasteiger partial charge >= 0.3 is 0 Å². The number of carbonyl (C=O) groups is 2. The van der Waals surface area contributed by atoms with Crippen LogP contribution in [0.25, 0.3) is 10.9 Å². The summed E-state index contributed by atoms with van der Waals surface area (Å²) in [5.74, 6) is 0.315. The van der Waals surface area contributed by atoms with E-state index in [0.717, 1.165) is 22.0 Å². The van der Waals surface area contributed by atoms with E-state index in [9.17, 15) is 9.59 Å². The Bertz CT molecular complexity index is 1310. The van der Waals surface area contributed by atoms with E-state index in [-0.39, 0.29) is 17.9 Å². The molecular weight excluding hydrogens is 402 g/mol. The SMILES string of the molecule is COc1ccc(NC(=O)[C@@H](C)N2C(=O)c3ccccc3[C@@H]2c2c[nH]c3ccccc23)cc1. The van der Waals surface area contributed by atoms with Gasteiger partial charge in [-0.3, -0.25) is 9.59 Å². The van der Waals surface area contributed by atoms with Gasteiger partial charge in [0.2, 0.25) is 5.91 Å². The van der Waals surface area contributed by atoms with Crippen molar-refractivity contribution in [2.75, 3.05) is 12.4 Å². The number of nitrogens with one attached hydrogen (secondary N) is 2. The van der Waals surface area contributed by atoms with Gasteiger partial charge < -0.3 is 19.9 Å². The van der Waals surface area contributed by atoms with Crippen LogP contribution in [-0.4, -0.2) is 34.8 Å². The normalized spacial score (nSPS) is 16.1. The monoisotopic (exact) mass is 425 g/mol. The van der Waals surface area contributed by atoms with Crippen LogP contribution in [0.1, 0.15) is 34.5 Å². The third kappa shape index (κ3) is 3.21. The van der Waals surface area contributed by atoms with E-state index >= 15 is 0 Å². The Balaban J connectivity index is 1.52. The number of anilines is 1. The quantitative estimate of drug-likeness (QED) is 0.485. The van der Waals surface area contributed by atoms with E-state index in [1.54, 1.807) is 43.2 Å². The summed E-state index contributed by atoms with van der Waals surface area (Å²) in [6.45, 7) is 1.77. The third-order valence-corrected chi connectivity index (χ3v) is 6.07. The number of rotatable bonds is 5. The van der Waals surface area contributed by atoms with Gasteiger partial charge in [-0.2, -0.15) is 0 Å². The van der Waals surface area contributed by atoms with Gasteiger partial charge in [-0.1, -0.05) is 36.4 Å². The summed E-state index contributed by atoms with van der Waals surface area (Å²) in [6.07, 6.45) is 1.94. The fourth-order valence-corrected chi connectivity index (χ4v) is 4.42. The second-order valence-electron chi connectivity index (χ2n) is 7.89. The average Bonchev–Trinajstić information content (AvgIpc) is 3.38. The summed E-state index contributed by atoms with van der Waals surface area (Å²) in [5.41, 5.74) is 4.16. The lowest BCUT2D eigenvalue weighted by molar-refractivity contribution is -0.120. The number of H-pyrrole nitrogens is 1. The highest BCUT2D eigenvalue weighted by Crippen LogP contribution is 2.42. The molecule has 1 aliphatic heterocycles. The predicted molar refractivity (Wildman–Crippen MR) is 124 cm³/mol. The minimum atomic E-state index is -0.685. The second-order valence-corrected chi connectivity index (χ2v) is 7.89. The lowest BCUT2D eigenvalue weighted by Crippen LogP contribution is -2.44. The van der Waals surface area contributed by atoms with Gasteiger partial charge in [0.1, 0.15) is 11.8 Å². The molecule has 5 rings (SSSR count). The summed E-state index contributed by atoms with van der Waals surface area (Å²) in [7, 11) is 1.59. The van der Waals surface area contributed by atoms with Crippen molar-refractivity contribution in [3.05, 3.63) is 95.7 Å². The maximum absolute atomic E-state index is 13.4. The fraction of sp³-hybridized carbons (Fsp3) is 0.154. The summed E-state index contributed by atoms with van der Waals surface area (Å²) in [6, 6.07) is 21.7. The zero-order chi connectivity index (χ0) is 22.2. The van der Waals surface area contributed by atoms with E-state index in [1.807, 2.05) is 54.7 Å². The number of benzene rings is 3. The summed E-state index contributed by atoms with van der Waals surface area (Å²) in [4.78, 5) is 31.6. The van der Waals surface area contributed by atoms with Gasteiger partial charge in [-0.05, 0) is 48.9 Å². The van der Waals surface area contributed by atoms with Crippen LogP contribution in [0, 0.1) is 0 Å². The van der Waals surface area contributed by atoms with E-state index < -0.39 is 6.04 Å². The maximum Gasteiger partial charge on any atom is 0.255 e. The van der Waals surface area contributed by atoms with Crippen molar-refractivity contribution in [1.82, 2.24) is 9.88 Å². The Morgan fingerprint density at radius 1 is 1.00 bits per heavy atom.